The van der Waals surface area contributed by atoms with Crippen molar-refractivity contribution >= 4 is 0 Å². The Morgan fingerprint density at radius 3 is 3.11 bits per heavy atom. The molecule has 0 amide bonds. The van der Waals surface area contributed by atoms with E-state index in [2.05, 4.69) is 42.3 Å². The Morgan fingerprint density at radius 1 is 1.44 bits per heavy atom. The predicted molar refractivity (Wildman–Crippen MR) is 74.7 cm³/mol. The third kappa shape index (κ3) is 2.86. The number of nitrogens with one attached hydrogen (secondary N) is 1. The van der Waals surface area contributed by atoms with Crippen molar-refractivity contribution in [3.63, 3.8) is 0 Å². The van der Waals surface area contributed by atoms with E-state index < -0.39 is 0 Å². The zero-order valence-electron chi connectivity index (χ0n) is 11.3. The molecule has 0 saturated carbocycles. The van der Waals surface area contributed by atoms with Crippen molar-refractivity contribution in [2.75, 3.05) is 13.2 Å². The Bertz CT molecular complexity index is 456. The van der Waals surface area contributed by atoms with Gasteiger partial charge in [0.1, 0.15) is 12.4 Å². The molecular formula is C16H21NO. The summed E-state index contributed by atoms with van der Waals surface area (Å²) < 4.78 is 5.74. The number of fused-ring (bicyclic) bond motifs is 1. The first kappa shape index (κ1) is 13.0. The zero-order chi connectivity index (χ0) is 12.8. The third-order valence-corrected chi connectivity index (χ3v) is 3.35. The van der Waals surface area contributed by atoms with E-state index in [-0.39, 0.29) is 0 Å². The lowest BCUT2D eigenvalue weighted by molar-refractivity contribution is 0.366. The first-order chi connectivity index (χ1) is 8.86. The van der Waals surface area contributed by atoms with Crippen molar-refractivity contribution in [1.82, 2.24) is 5.32 Å². The summed E-state index contributed by atoms with van der Waals surface area (Å²) in [5, 5.41) is 3.60. The van der Waals surface area contributed by atoms with Gasteiger partial charge in [-0.2, -0.15) is 0 Å². The van der Waals surface area contributed by atoms with E-state index in [9.17, 15) is 0 Å². The van der Waals surface area contributed by atoms with Gasteiger partial charge in [-0.05, 0) is 49.9 Å². The summed E-state index contributed by atoms with van der Waals surface area (Å²) >= 11 is 0. The maximum atomic E-state index is 5.74. The van der Waals surface area contributed by atoms with Gasteiger partial charge < -0.3 is 10.1 Å². The number of benzene rings is 1. The molecule has 1 aromatic rings. The topological polar surface area (TPSA) is 21.3 Å². The normalized spacial score (nSPS) is 16.9. The number of rotatable bonds is 5. The Kier molecular flexibility index (Phi) is 4.66. The van der Waals surface area contributed by atoms with Gasteiger partial charge in [-0.25, -0.2) is 0 Å². The van der Waals surface area contributed by atoms with Crippen LogP contribution in [0.4, 0.5) is 0 Å². The minimum atomic E-state index is 0.486. The first-order valence-electron chi connectivity index (χ1n) is 6.74. The van der Waals surface area contributed by atoms with Gasteiger partial charge in [0.05, 0.1) is 0 Å². The van der Waals surface area contributed by atoms with Crippen molar-refractivity contribution in [2.24, 2.45) is 0 Å². The van der Waals surface area contributed by atoms with Gasteiger partial charge in [-0.1, -0.05) is 25.0 Å². The standard InChI is InChI=1S/C16H21NO/c1-3-5-12-18-16-8-6-7-13-14(16)9-10-15(13)17-11-4-2/h6-8,15,17H,4,9-12H2,1-2H3. The van der Waals surface area contributed by atoms with Crippen LogP contribution in [0.25, 0.3) is 0 Å². The number of ether oxygens (including phenoxy) is 1. The molecule has 0 spiro atoms. The Balaban J connectivity index is 2.10. The molecule has 0 bridgehead atoms. The lowest BCUT2D eigenvalue weighted by Gasteiger charge is -2.14. The molecule has 2 rings (SSSR count). The van der Waals surface area contributed by atoms with Gasteiger partial charge >= 0.3 is 0 Å². The second-order valence-electron chi connectivity index (χ2n) is 4.58. The van der Waals surface area contributed by atoms with E-state index in [0.717, 1.165) is 18.7 Å². The summed E-state index contributed by atoms with van der Waals surface area (Å²) in [5.74, 6) is 6.81. The van der Waals surface area contributed by atoms with Crippen LogP contribution in [0.2, 0.25) is 0 Å². The molecule has 0 saturated heterocycles. The van der Waals surface area contributed by atoms with Crippen LogP contribution in [0, 0.1) is 11.8 Å². The maximum Gasteiger partial charge on any atom is 0.149 e. The quantitative estimate of drug-likeness (QED) is 0.802. The molecule has 0 fully saturated rings. The van der Waals surface area contributed by atoms with E-state index in [1.54, 1.807) is 0 Å². The monoisotopic (exact) mass is 243 g/mol. The molecule has 1 aliphatic carbocycles. The van der Waals surface area contributed by atoms with Crippen LogP contribution in [0.3, 0.4) is 0 Å². The largest absolute Gasteiger partial charge is 0.481 e. The molecule has 0 radical (unpaired) electrons. The third-order valence-electron chi connectivity index (χ3n) is 3.35. The maximum absolute atomic E-state index is 5.74. The van der Waals surface area contributed by atoms with E-state index in [0.29, 0.717) is 12.6 Å². The van der Waals surface area contributed by atoms with Crippen molar-refractivity contribution in [3.05, 3.63) is 29.3 Å². The molecule has 0 aliphatic heterocycles. The minimum Gasteiger partial charge on any atom is -0.481 e. The van der Waals surface area contributed by atoms with E-state index in [1.807, 2.05) is 6.92 Å². The van der Waals surface area contributed by atoms with Crippen LogP contribution in [0.5, 0.6) is 5.75 Å². The Hall–Kier alpha value is -1.46. The number of hydrogen-bond donors (Lipinski definition) is 1. The fourth-order valence-electron chi connectivity index (χ4n) is 2.47. The molecule has 1 N–H and O–H groups in total. The van der Waals surface area contributed by atoms with Gasteiger partial charge in [-0.3, -0.25) is 0 Å². The first-order valence-corrected chi connectivity index (χ1v) is 6.74. The highest BCUT2D eigenvalue weighted by Crippen LogP contribution is 2.36. The molecule has 0 aromatic heterocycles. The summed E-state index contributed by atoms with van der Waals surface area (Å²) in [6.45, 7) is 5.60. The van der Waals surface area contributed by atoms with Crippen molar-refractivity contribution in [1.29, 1.82) is 0 Å². The highest BCUT2D eigenvalue weighted by Gasteiger charge is 2.24. The van der Waals surface area contributed by atoms with Crippen LogP contribution in [0.15, 0.2) is 18.2 Å². The molecule has 2 nitrogen and oxygen atoms in total. The Labute approximate surface area is 110 Å². The summed E-state index contributed by atoms with van der Waals surface area (Å²) in [6, 6.07) is 6.85. The summed E-state index contributed by atoms with van der Waals surface area (Å²) in [7, 11) is 0. The van der Waals surface area contributed by atoms with Crippen LogP contribution >= 0.6 is 0 Å². The van der Waals surface area contributed by atoms with Crippen LogP contribution in [-0.2, 0) is 6.42 Å². The summed E-state index contributed by atoms with van der Waals surface area (Å²) in [5.41, 5.74) is 2.77. The van der Waals surface area contributed by atoms with Crippen LogP contribution in [-0.4, -0.2) is 13.2 Å². The number of hydrogen-bond acceptors (Lipinski definition) is 2. The van der Waals surface area contributed by atoms with Crippen molar-refractivity contribution < 1.29 is 4.74 Å². The highest BCUT2D eigenvalue weighted by atomic mass is 16.5. The van der Waals surface area contributed by atoms with E-state index in [4.69, 9.17) is 4.74 Å². The van der Waals surface area contributed by atoms with Crippen LogP contribution in [0.1, 0.15) is 43.9 Å². The summed E-state index contributed by atoms with van der Waals surface area (Å²) in [4.78, 5) is 0. The fraction of sp³-hybridized carbons (Fsp3) is 0.500. The lowest BCUT2D eigenvalue weighted by Crippen LogP contribution is -2.19. The second-order valence-corrected chi connectivity index (χ2v) is 4.58. The predicted octanol–water partition coefficient (Wildman–Crippen LogP) is 3.08. The zero-order valence-corrected chi connectivity index (χ0v) is 11.3. The van der Waals surface area contributed by atoms with E-state index in [1.165, 1.54) is 24.0 Å². The molecule has 1 aromatic carbocycles. The molecule has 18 heavy (non-hydrogen) atoms. The summed E-state index contributed by atoms with van der Waals surface area (Å²) in [6.07, 6.45) is 3.45. The van der Waals surface area contributed by atoms with Crippen molar-refractivity contribution in [2.45, 2.75) is 39.2 Å². The molecule has 1 aliphatic rings. The van der Waals surface area contributed by atoms with Gasteiger partial charge in [-0.15, -0.1) is 5.92 Å². The van der Waals surface area contributed by atoms with Gasteiger partial charge in [0.2, 0.25) is 0 Å². The lowest BCUT2D eigenvalue weighted by atomic mass is 10.1. The Morgan fingerprint density at radius 2 is 2.33 bits per heavy atom. The fourth-order valence-corrected chi connectivity index (χ4v) is 2.47. The molecule has 1 atom stereocenters. The average molecular weight is 243 g/mol. The smallest absolute Gasteiger partial charge is 0.149 e. The molecule has 0 heterocycles. The van der Waals surface area contributed by atoms with Gasteiger partial charge in [0.15, 0.2) is 0 Å². The molecular weight excluding hydrogens is 222 g/mol. The molecule has 96 valence electrons. The van der Waals surface area contributed by atoms with Gasteiger partial charge in [0, 0.05) is 6.04 Å². The molecule has 2 heteroatoms. The van der Waals surface area contributed by atoms with E-state index >= 15 is 0 Å². The second kappa shape index (κ2) is 6.47. The SMILES string of the molecule is CC#CCOc1cccc2c1CCC2NCCC. The average Bonchev–Trinajstić information content (AvgIpc) is 2.81. The minimum absolute atomic E-state index is 0.486. The highest BCUT2D eigenvalue weighted by molar-refractivity contribution is 5.45. The van der Waals surface area contributed by atoms with Gasteiger partial charge in [0.25, 0.3) is 0 Å². The van der Waals surface area contributed by atoms with Crippen molar-refractivity contribution in [3.8, 4) is 17.6 Å². The van der Waals surface area contributed by atoms with Crippen LogP contribution < -0.4 is 10.1 Å². The molecule has 1 unspecified atom stereocenters.